The monoisotopic (exact) mass is 544 g/mol. The van der Waals surface area contributed by atoms with Gasteiger partial charge in [-0.05, 0) is 49.8 Å². The lowest BCUT2D eigenvalue weighted by molar-refractivity contribution is 0.217. The van der Waals surface area contributed by atoms with Crippen molar-refractivity contribution in [2.45, 2.75) is 33.7 Å². The molecular weight excluding hydrogens is 507 g/mol. The molecule has 31 heavy (non-hydrogen) atoms. The third-order valence-corrected chi connectivity index (χ3v) is 4.80. The SMILES string of the molecule is CCNC(=NCc1ccc(OCCN(CC)CC)c(OC)c1)NCCc1ccco1.I. The number of hydrogen-bond acceptors (Lipinski definition) is 5. The molecule has 1 aromatic heterocycles. The molecule has 8 heteroatoms. The average Bonchev–Trinajstić information content (AvgIpc) is 3.29. The fourth-order valence-electron chi connectivity index (χ4n) is 3.03. The second-order valence-corrected chi connectivity index (χ2v) is 6.81. The Balaban J connectivity index is 0.00000480. The van der Waals surface area contributed by atoms with Gasteiger partial charge in [0.1, 0.15) is 12.4 Å². The third kappa shape index (κ3) is 9.82. The number of methoxy groups -OCH3 is 1. The fraction of sp³-hybridized carbons (Fsp3) is 0.522. The Labute approximate surface area is 203 Å². The fourth-order valence-corrected chi connectivity index (χ4v) is 3.03. The first-order chi connectivity index (χ1) is 14.7. The smallest absolute Gasteiger partial charge is 0.191 e. The first-order valence-electron chi connectivity index (χ1n) is 10.8. The van der Waals surface area contributed by atoms with Crippen molar-refractivity contribution in [3.8, 4) is 11.5 Å². The Kier molecular flexibility index (Phi) is 13.8. The molecule has 0 saturated carbocycles. The van der Waals surface area contributed by atoms with Crippen molar-refractivity contribution in [1.82, 2.24) is 15.5 Å². The van der Waals surface area contributed by atoms with Gasteiger partial charge in [-0.25, -0.2) is 4.99 Å². The van der Waals surface area contributed by atoms with Gasteiger partial charge in [-0.3, -0.25) is 0 Å². The molecule has 0 saturated heterocycles. The van der Waals surface area contributed by atoms with Crippen LogP contribution in [0.1, 0.15) is 32.1 Å². The quantitative estimate of drug-likeness (QED) is 0.226. The Morgan fingerprint density at radius 3 is 2.55 bits per heavy atom. The maximum Gasteiger partial charge on any atom is 0.191 e. The van der Waals surface area contributed by atoms with E-state index in [0.29, 0.717) is 13.2 Å². The van der Waals surface area contributed by atoms with Crippen LogP contribution < -0.4 is 20.1 Å². The lowest BCUT2D eigenvalue weighted by Crippen LogP contribution is -2.38. The van der Waals surface area contributed by atoms with Gasteiger partial charge in [0.05, 0.1) is 19.9 Å². The highest BCUT2D eigenvalue weighted by Crippen LogP contribution is 2.28. The van der Waals surface area contributed by atoms with Crippen LogP contribution in [0.3, 0.4) is 0 Å². The molecule has 2 N–H and O–H groups in total. The highest BCUT2D eigenvalue weighted by molar-refractivity contribution is 14.0. The number of benzene rings is 1. The van der Waals surface area contributed by atoms with Crippen LogP contribution in [0.2, 0.25) is 0 Å². The topological polar surface area (TPSA) is 71.3 Å². The van der Waals surface area contributed by atoms with E-state index in [1.807, 2.05) is 30.3 Å². The number of likely N-dealkylation sites (N-methyl/N-ethyl adjacent to an activating group) is 1. The largest absolute Gasteiger partial charge is 0.493 e. The highest BCUT2D eigenvalue weighted by atomic mass is 127. The molecule has 0 fully saturated rings. The lowest BCUT2D eigenvalue weighted by atomic mass is 10.2. The molecule has 174 valence electrons. The summed E-state index contributed by atoms with van der Waals surface area (Å²) in [4.78, 5) is 7.01. The van der Waals surface area contributed by atoms with Gasteiger partial charge in [-0.1, -0.05) is 19.9 Å². The van der Waals surface area contributed by atoms with Crippen LogP contribution in [0.4, 0.5) is 0 Å². The molecule has 0 aliphatic carbocycles. The summed E-state index contributed by atoms with van der Waals surface area (Å²) in [6.07, 6.45) is 2.50. The molecule has 0 aliphatic rings. The summed E-state index contributed by atoms with van der Waals surface area (Å²) >= 11 is 0. The normalized spacial score (nSPS) is 11.2. The van der Waals surface area contributed by atoms with Crippen LogP contribution in [-0.2, 0) is 13.0 Å². The lowest BCUT2D eigenvalue weighted by Gasteiger charge is -2.19. The van der Waals surface area contributed by atoms with E-state index in [0.717, 1.165) is 67.9 Å². The number of nitrogens with zero attached hydrogens (tertiary/aromatic N) is 2. The molecule has 0 unspecified atom stereocenters. The van der Waals surface area contributed by atoms with E-state index in [1.54, 1.807) is 13.4 Å². The van der Waals surface area contributed by atoms with E-state index in [-0.39, 0.29) is 24.0 Å². The molecular formula is C23H37IN4O3. The van der Waals surface area contributed by atoms with Gasteiger partial charge in [0.2, 0.25) is 0 Å². The Bertz CT molecular complexity index is 749. The van der Waals surface area contributed by atoms with Gasteiger partial charge in [-0.2, -0.15) is 0 Å². The number of guanidine groups is 1. The number of hydrogen-bond donors (Lipinski definition) is 2. The van der Waals surface area contributed by atoms with E-state index < -0.39 is 0 Å². The predicted octanol–water partition coefficient (Wildman–Crippen LogP) is 3.92. The number of nitrogens with one attached hydrogen (secondary N) is 2. The first kappa shape index (κ1) is 27.1. The van der Waals surface area contributed by atoms with Gasteiger partial charge in [-0.15, -0.1) is 24.0 Å². The molecule has 0 aliphatic heterocycles. The van der Waals surface area contributed by atoms with Gasteiger partial charge in [0.15, 0.2) is 17.5 Å². The zero-order valence-electron chi connectivity index (χ0n) is 19.1. The van der Waals surface area contributed by atoms with Crippen molar-refractivity contribution < 1.29 is 13.9 Å². The molecule has 0 radical (unpaired) electrons. The summed E-state index contributed by atoms with van der Waals surface area (Å²) in [5.74, 6) is 3.24. The number of halogens is 1. The molecule has 0 atom stereocenters. The van der Waals surface area contributed by atoms with Crippen molar-refractivity contribution in [2.75, 3.05) is 46.4 Å². The molecule has 1 heterocycles. The number of aliphatic imine (C=N–C) groups is 1. The summed E-state index contributed by atoms with van der Waals surface area (Å²) < 4.78 is 16.8. The van der Waals surface area contributed by atoms with Crippen LogP contribution >= 0.6 is 24.0 Å². The molecule has 2 rings (SSSR count). The summed E-state index contributed by atoms with van der Waals surface area (Å²) in [7, 11) is 1.67. The number of rotatable bonds is 13. The summed E-state index contributed by atoms with van der Waals surface area (Å²) in [6.45, 7) is 12.1. The summed E-state index contributed by atoms with van der Waals surface area (Å²) in [6, 6.07) is 9.86. The van der Waals surface area contributed by atoms with Crippen LogP contribution in [0.5, 0.6) is 11.5 Å². The van der Waals surface area contributed by atoms with Crippen molar-refractivity contribution in [3.05, 3.63) is 47.9 Å². The van der Waals surface area contributed by atoms with Crippen LogP contribution in [0.15, 0.2) is 46.0 Å². The first-order valence-corrected chi connectivity index (χ1v) is 10.8. The van der Waals surface area contributed by atoms with Crippen molar-refractivity contribution in [3.63, 3.8) is 0 Å². The Morgan fingerprint density at radius 1 is 1.10 bits per heavy atom. The molecule has 0 amide bonds. The van der Waals surface area contributed by atoms with Gasteiger partial charge < -0.3 is 29.4 Å². The van der Waals surface area contributed by atoms with Crippen molar-refractivity contribution >= 4 is 29.9 Å². The highest BCUT2D eigenvalue weighted by Gasteiger charge is 2.07. The molecule has 7 nitrogen and oxygen atoms in total. The van der Waals surface area contributed by atoms with Crippen molar-refractivity contribution in [1.29, 1.82) is 0 Å². The van der Waals surface area contributed by atoms with Gasteiger partial charge in [0, 0.05) is 26.1 Å². The zero-order chi connectivity index (χ0) is 21.6. The number of furan rings is 1. The third-order valence-electron chi connectivity index (χ3n) is 4.80. The predicted molar refractivity (Wildman–Crippen MR) is 137 cm³/mol. The minimum absolute atomic E-state index is 0. The van der Waals surface area contributed by atoms with E-state index in [9.17, 15) is 0 Å². The molecule has 1 aromatic carbocycles. The van der Waals surface area contributed by atoms with E-state index in [4.69, 9.17) is 13.9 Å². The minimum atomic E-state index is 0. The maximum atomic E-state index is 5.93. The van der Waals surface area contributed by atoms with E-state index in [1.165, 1.54) is 0 Å². The average molecular weight is 544 g/mol. The standard InChI is InChI=1S/C23H36N4O3.HI/c1-5-24-23(25-13-12-20-9-8-15-29-20)26-18-19-10-11-21(22(17-19)28-4)30-16-14-27(6-2)7-3;/h8-11,15,17H,5-7,12-14,16,18H2,1-4H3,(H2,24,25,26);1H. The van der Waals surface area contributed by atoms with Crippen molar-refractivity contribution in [2.24, 2.45) is 4.99 Å². The molecule has 0 spiro atoms. The molecule has 2 aromatic rings. The van der Waals surface area contributed by atoms with Gasteiger partial charge >= 0.3 is 0 Å². The maximum absolute atomic E-state index is 5.93. The van der Waals surface area contributed by atoms with Crippen LogP contribution in [0, 0.1) is 0 Å². The number of ether oxygens (including phenoxy) is 2. The zero-order valence-corrected chi connectivity index (χ0v) is 21.5. The Morgan fingerprint density at radius 2 is 1.90 bits per heavy atom. The second-order valence-electron chi connectivity index (χ2n) is 6.81. The van der Waals surface area contributed by atoms with Gasteiger partial charge in [0.25, 0.3) is 0 Å². The van der Waals surface area contributed by atoms with E-state index in [2.05, 4.69) is 41.3 Å². The summed E-state index contributed by atoms with van der Waals surface area (Å²) in [5.41, 5.74) is 1.06. The summed E-state index contributed by atoms with van der Waals surface area (Å²) in [5, 5.41) is 6.61. The molecule has 0 bridgehead atoms. The second kappa shape index (κ2) is 15.8. The van der Waals surface area contributed by atoms with Crippen LogP contribution in [0.25, 0.3) is 0 Å². The van der Waals surface area contributed by atoms with E-state index >= 15 is 0 Å². The Hall–Kier alpha value is -1.94. The van der Waals surface area contributed by atoms with Crippen LogP contribution in [-0.4, -0.2) is 57.3 Å². The minimum Gasteiger partial charge on any atom is -0.493 e.